The van der Waals surface area contributed by atoms with Crippen molar-refractivity contribution in [3.8, 4) is 11.3 Å². The van der Waals surface area contributed by atoms with E-state index in [2.05, 4.69) is 74.3 Å². The van der Waals surface area contributed by atoms with E-state index in [1.165, 1.54) is 27.7 Å². The summed E-state index contributed by atoms with van der Waals surface area (Å²) in [6.45, 7) is 7.54. The highest BCUT2D eigenvalue weighted by Crippen LogP contribution is 2.38. The second-order valence-electron chi connectivity index (χ2n) is 9.77. The number of fused-ring (bicyclic) bond motifs is 2. The van der Waals surface area contributed by atoms with Crippen LogP contribution < -0.4 is 0 Å². The Morgan fingerprint density at radius 2 is 1.94 bits per heavy atom. The Morgan fingerprint density at radius 1 is 1.09 bits per heavy atom. The van der Waals surface area contributed by atoms with Crippen LogP contribution >= 0.6 is 0 Å². The molecular formula is C26H30N8. The summed E-state index contributed by atoms with van der Waals surface area (Å²) < 4.78 is 3.72. The maximum atomic E-state index is 4.43. The first kappa shape index (κ1) is 21.0. The second-order valence-corrected chi connectivity index (χ2v) is 9.77. The quantitative estimate of drug-likeness (QED) is 0.423. The molecule has 1 N–H and O–H groups in total. The minimum Gasteiger partial charge on any atom is -0.354 e. The predicted octanol–water partition coefficient (Wildman–Crippen LogP) is 4.51. The number of aromatic nitrogens is 7. The lowest BCUT2D eigenvalue weighted by Gasteiger charge is -2.31. The zero-order valence-corrected chi connectivity index (χ0v) is 19.9. The largest absolute Gasteiger partial charge is 0.354 e. The molecule has 0 spiro atoms. The summed E-state index contributed by atoms with van der Waals surface area (Å²) in [5, 5.41) is 14.0. The zero-order chi connectivity index (χ0) is 23.2. The van der Waals surface area contributed by atoms with E-state index in [0.717, 1.165) is 49.5 Å². The molecule has 0 bridgehead atoms. The van der Waals surface area contributed by atoms with Gasteiger partial charge in [0.15, 0.2) is 11.5 Å². The molecule has 1 aliphatic rings. The standard InChI is InChI=1S/C26H30N8/c1-17(2)25-21-12-19(18-6-9-33(10-7-18)14-23-27-15-32(3)31-23)4-5-22(21)29-26(25)20-8-11-34-16-28-30-24(34)13-20/h4-5,8,11-13,15-18,29H,6-7,9-10,14H2,1-3H3. The van der Waals surface area contributed by atoms with Crippen molar-refractivity contribution >= 4 is 16.6 Å². The number of piperidine rings is 1. The van der Waals surface area contributed by atoms with Crippen LogP contribution in [0.15, 0.2) is 49.2 Å². The summed E-state index contributed by atoms with van der Waals surface area (Å²) in [5.41, 5.74) is 7.22. The molecule has 0 radical (unpaired) electrons. The van der Waals surface area contributed by atoms with Crippen molar-refractivity contribution < 1.29 is 0 Å². The molecule has 1 fully saturated rings. The lowest BCUT2D eigenvalue weighted by atomic mass is 9.87. The predicted molar refractivity (Wildman–Crippen MR) is 133 cm³/mol. The normalized spacial score (nSPS) is 15.8. The van der Waals surface area contributed by atoms with E-state index in [4.69, 9.17) is 0 Å². The molecule has 0 atom stereocenters. The lowest BCUT2D eigenvalue weighted by molar-refractivity contribution is 0.200. The van der Waals surface area contributed by atoms with Crippen molar-refractivity contribution in [1.82, 2.24) is 39.2 Å². The highest BCUT2D eigenvalue weighted by molar-refractivity contribution is 5.92. The van der Waals surface area contributed by atoms with Crippen LogP contribution in [0.5, 0.6) is 0 Å². The van der Waals surface area contributed by atoms with Gasteiger partial charge < -0.3 is 4.98 Å². The molecule has 174 valence electrons. The third-order valence-electron chi connectivity index (χ3n) is 7.10. The molecule has 8 heteroatoms. The van der Waals surface area contributed by atoms with Crippen LogP contribution in [0.1, 0.15) is 55.5 Å². The number of aryl methyl sites for hydroxylation is 1. The number of rotatable bonds is 5. The summed E-state index contributed by atoms with van der Waals surface area (Å²) in [5.74, 6) is 1.90. The van der Waals surface area contributed by atoms with Gasteiger partial charge in [-0.05, 0) is 73.2 Å². The van der Waals surface area contributed by atoms with Gasteiger partial charge in [-0.3, -0.25) is 14.0 Å². The van der Waals surface area contributed by atoms with Crippen molar-refractivity contribution in [3.63, 3.8) is 0 Å². The van der Waals surface area contributed by atoms with E-state index in [-0.39, 0.29) is 0 Å². The molecule has 34 heavy (non-hydrogen) atoms. The topological polar surface area (TPSA) is 79.9 Å². The molecule has 6 rings (SSSR count). The molecule has 1 aliphatic heterocycles. The fourth-order valence-electron chi connectivity index (χ4n) is 5.37. The summed E-state index contributed by atoms with van der Waals surface area (Å²) in [6, 6.07) is 11.3. The van der Waals surface area contributed by atoms with Gasteiger partial charge in [0.2, 0.25) is 0 Å². The highest BCUT2D eigenvalue weighted by Gasteiger charge is 2.23. The van der Waals surface area contributed by atoms with Crippen LogP contribution in [0.4, 0.5) is 0 Å². The van der Waals surface area contributed by atoms with Gasteiger partial charge in [0, 0.05) is 29.7 Å². The molecule has 0 unspecified atom stereocenters. The first-order valence-corrected chi connectivity index (χ1v) is 12.1. The molecule has 0 aliphatic carbocycles. The molecule has 0 saturated carbocycles. The van der Waals surface area contributed by atoms with Gasteiger partial charge >= 0.3 is 0 Å². The van der Waals surface area contributed by atoms with Gasteiger partial charge in [0.1, 0.15) is 12.7 Å². The minimum absolute atomic E-state index is 0.404. The van der Waals surface area contributed by atoms with Crippen molar-refractivity contribution in [2.24, 2.45) is 7.05 Å². The van der Waals surface area contributed by atoms with Gasteiger partial charge in [0.05, 0.1) is 12.2 Å². The maximum Gasteiger partial charge on any atom is 0.164 e. The van der Waals surface area contributed by atoms with E-state index in [1.807, 2.05) is 17.6 Å². The fraction of sp³-hybridized carbons (Fsp3) is 0.385. The number of H-pyrrole nitrogens is 1. The number of nitrogens with one attached hydrogen (secondary N) is 1. The highest BCUT2D eigenvalue weighted by atomic mass is 15.3. The number of aromatic amines is 1. The summed E-state index contributed by atoms with van der Waals surface area (Å²) >= 11 is 0. The van der Waals surface area contributed by atoms with E-state index in [1.54, 1.807) is 17.3 Å². The third kappa shape index (κ3) is 3.77. The van der Waals surface area contributed by atoms with Crippen molar-refractivity contribution in [3.05, 3.63) is 66.1 Å². The monoisotopic (exact) mass is 454 g/mol. The summed E-state index contributed by atoms with van der Waals surface area (Å²) in [4.78, 5) is 10.6. The second kappa shape index (κ2) is 8.36. The van der Waals surface area contributed by atoms with Gasteiger partial charge in [0.25, 0.3) is 0 Å². The van der Waals surface area contributed by atoms with Gasteiger partial charge in [-0.25, -0.2) is 4.98 Å². The first-order valence-electron chi connectivity index (χ1n) is 12.1. The number of hydrogen-bond acceptors (Lipinski definition) is 5. The molecule has 4 aromatic heterocycles. The number of nitrogens with zero attached hydrogens (tertiary/aromatic N) is 7. The van der Waals surface area contributed by atoms with E-state index in [9.17, 15) is 0 Å². The van der Waals surface area contributed by atoms with Crippen molar-refractivity contribution in [2.75, 3.05) is 13.1 Å². The Hall–Kier alpha value is -3.52. The van der Waals surface area contributed by atoms with Gasteiger partial charge in [-0.1, -0.05) is 19.9 Å². The molecule has 8 nitrogen and oxygen atoms in total. The molecule has 1 saturated heterocycles. The van der Waals surface area contributed by atoms with Crippen LogP contribution in [0.3, 0.4) is 0 Å². The van der Waals surface area contributed by atoms with Crippen LogP contribution in [-0.4, -0.2) is 52.3 Å². The Bertz CT molecular complexity index is 1450. The lowest BCUT2D eigenvalue weighted by Crippen LogP contribution is -2.32. The van der Waals surface area contributed by atoms with E-state index in [0.29, 0.717) is 11.8 Å². The summed E-state index contributed by atoms with van der Waals surface area (Å²) in [6.07, 6.45) is 7.86. The van der Waals surface area contributed by atoms with Crippen LogP contribution in [0.2, 0.25) is 0 Å². The van der Waals surface area contributed by atoms with Gasteiger partial charge in [-0.2, -0.15) is 5.10 Å². The Labute approximate surface area is 198 Å². The molecule has 1 aromatic carbocycles. The SMILES string of the molecule is CC(C)c1c(-c2ccn3cnnc3c2)[nH]c2ccc(C3CCN(Cc4ncn(C)n4)CC3)cc12. The Balaban J connectivity index is 1.27. The van der Waals surface area contributed by atoms with Gasteiger partial charge in [-0.15, -0.1) is 10.2 Å². The first-order chi connectivity index (χ1) is 16.5. The smallest absolute Gasteiger partial charge is 0.164 e. The number of likely N-dealkylation sites (tertiary alicyclic amines) is 1. The van der Waals surface area contributed by atoms with E-state index < -0.39 is 0 Å². The Morgan fingerprint density at radius 3 is 2.71 bits per heavy atom. The zero-order valence-electron chi connectivity index (χ0n) is 19.9. The van der Waals surface area contributed by atoms with Crippen molar-refractivity contribution in [2.45, 2.75) is 45.1 Å². The fourth-order valence-corrected chi connectivity index (χ4v) is 5.37. The third-order valence-corrected chi connectivity index (χ3v) is 7.10. The van der Waals surface area contributed by atoms with Crippen LogP contribution in [0.25, 0.3) is 27.8 Å². The molecule has 5 aromatic rings. The average molecular weight is 455 g/mol. The number of benzene rings is 1. The minimum atomic E-state index is 0.404. The molecular weight excluding hydrogens is 424 g/mol. The maximum absolute atomic E-state index is 4.43. The molecule has 5 heterocycles. The van der Waals surface area contributed by atoms with Crippen LogP contribution in [0, 0.1) is 0 Å². The number of hydrogen-bond donors (Lipinski definition) is 1. The number of pyridine rings is 1. The van der Waals surface area contributed by atoms with E-state index >= 15 is 0 Å². The van der Waals surface area contributed by atoms with Crippen molar-refractivity contribution in [1.29, 1.82) is 0 Å². The molecule has 0 amide bonds. The average Bonchev–Trinajstić information content (AvgIpc) is 3.56. The van der Waals surface area contributed by atoms with Crippen LogP contribution in [-0.2, 0) is 13.6 Å². The Kier molecular flexibility index (Phi) is 5.17. The summed E-state index contributed by atoms with van der Waals surface area (Å²) in [7, 11) is 1.92.